The Hall–Kier alpha value is -2.78. The molecule has 0 atom stereocenters. The van der Waals surface area contributed by atoms with Crippen LogP contribution in [0.3, 0.4) is 0 Å². The Kier molecular flexibility index (Phi) is 8.51. The molecule has 3 heterocycles. The number of anilines is 1. The lowest BCUT2D eigenvalue weighted by Crippen LogP contribution is -3.00. The summed E-state index contributed by atoms with van der Waals surface area (Å²) >= 11 is 0. The minimum Gasteiger partial charge on any atom is -1.00 e. The van der Waals surface area contributed by atoms with Gasteiger partial charge in [-0.25, -0.2) is 9.97 Å². The second-order valence-electron chi connectivity index (χ2n) is 7.92. The van der Waals surface area contributed by atoms with E-state index in [9.17, 15) is 9.90 Å². The summed E-state index contributed by atoms with van der Waals surface area (Å²) < 4.78 is 5.98. The van der Waals surface area contributed by atoms with Crippen LogP contribution in [0.25, 0.3) is 0 Å². The first kappa shape index (κ1) is 25.5. The summed E-state index contributed by atoms with van der Waals surface area (Å²) in [4.78, 5) is 24.2. The number of aliphatic carboxylic acids is 1. The first-order valence-corrected chi connectivity index (χ1v) is 10.0. The van der Waals surface area contributed by atoms with Crippen molar-refractivity contribution in [2.45, 2.75) is 25.8 Å². The van der Waals surface area contributed by atoms with Crippen molar-refractivity contribution in [1.82, 2.24) is 14.9 Å². The summed E-state index contributed by atoms with van der Waals surface area (Å²) in [7, 11) is 0. The van der Waals surface area contributed by atoms with Crippen LogP contribution in [0.4, 0.5) is 5.82 Å². The average molecular weight is 481 g/mol. The van der Waals surface area contributed by atoms with Gasteiger partial charge in [-0.15, -0.1) is 0 Å². The molecule has 0 saturated carbocycles. The number of fused-ring (bicyclic) bond motifs is 1. The molecule has 0 spiro atoms. The Labute approximate surface area is 199 Å². The molecule has 9 nitrogen and oxygen atoms in total. The topological polar surface area (TPSA) is 129 Å². The molecule has 1 fully saturated rings. The largest absolute Gasteiger partial charge is 1.00 e. The SMILES string of the molecule is N=C(N)N1CCc2ccc(OCC3(C(=O)O)CCN(c4ccncn4)CC3)cc2C1.[Cl-].[Cl-]. The minimum absolute atomic E-state index is 0. The number of ether oxygens (including phenoxy) is 1. The maximum atomic E-state index is 12.1. The monoisotopic (exact) mass is 480 g/mol. The van der Waals surface area contributed by atoms with Gasteiger partial charge in [0.2, 0.25) is 0 Å². The maximum absolute atomic E-state index is 12.1. The highest BCUT2D eigenvalue weighted by molar-refractivity contribution is 5.75. The number of guanidine groups is 1. The molecule has 11 heteroatoms. The van der Waals surface area contributed by atoms with Crippen molar-refractivity contribution in [2.75, 3.05) is 31.1 Å². The van der Waals surface area contributed by atoms with E-state index in [1.165, 1.54) is 11.9 Å². The highest BCUT2D eigenvalue weighted by atomic mass is 35.5. The summed E-state index contributed by atoms with van der Waals surface area (Å²) in [6.45, 7) is 2.62. The predicted octanol–water partition coefficient (Wildman–Crippen LogP) is -4.51. The number of carboxylic acids is 1. The molecule has 32 heavy (non-hydrogen) atoms. The van der Waals surface area contributed by atoms with Gasteiger partial charge in [0.25, 0.3) is 0 Å². The number of carboxylic acid groups (broad SMARTS) is 1. The van der Waals surface area contributed by atoms with Gasteiger partial charge in [-0.1, -0.05) is 6.07 Å². The van der Waals surface area contributed by atoms with Gasteiger partial charge in [-0.2, -0.15) is 0 Å². The Balaban J connectivity index is 0.00000181. The first-order valence-electron chi connectivity index (χ1n) is 10.0. The van der Waals surface area contributed by atoms with Gasteiger partial charge in [-0.3, -0.25) is 10.2 Å². The van der Waals surface area contributed by atoms with Crippen LogP contribution in [0.5, 0.6) is 5.75 Å². The van der Waals surface area contributed by atoms with Crippen molar-refractivity contribution in [1.29, 1.82) is 5.41 Å². The van der Waals surface area contributed by atoms with E-state index in [-0.39, 0.29) is 37.4 Å². The zero-order valence-corrected chi connectivity index (χ0v) is 19.0. The number of nitrogens with one attached hydrogen (secondary N) is 1. The van der Waals surface area contributed by atoms with Crippen molar-refractivity contribution in [3.63, 3.8) is 0 Å². The van der Waals surface area contributed by atoms with Gasteiger partial charge in [0.05, 0.1) is 0 Å². The molecule has 0 unspecified atom stereocenters. The molecule has 4 rings (SSSR count). The molecule has 2 aliphatic rings. The third-order valence-corrected chi connectivity index (χ3v) is 6.11. The third kappa shape index (κ3) is 5.34. The number of carbonyl (C=O) groups is 1. The van der Waals surface area contributed by atoms with E-state index < -0.39 is 11.4 Å². The van der Waals surface area contributed by atoms with Crippen LogP contribution in [-0.2, 0) is 17.8 Å². The smallest absolute Gasteiger partial charge is 0.313 e. The van der Waals surface area contributed by atoms with E-state index >= 15 is 0 Å². The predicted molar refractivity (Wildman–Crippen MR) is 112 cm³/mol. The molecule has 1 saturated heterocycles. The summed E-state index contributed by atoms with van der Waals surface area (Å²) in [6, 6.07) is 7.69. The summed E-state index contributed by atoms with van der Waals surface area (Å²) in [5, 5.41) is 17.6. The van der Waals surface area contributed by atoms with Gasteiger partial charge >= 0.3 is 5.97 Å². The van der Waals surface area contributed by atoms with E-state index in [1.54, 1.807) is 6.20 Å². The number of benzene rings is 1. The fraction of sp³-hybridized carbons (Fsp3) is 0.429. The van der Waals surface area contributed by atoms with Gasteiger partial charge in [0.1, 0.15) is 29.9 Å². The van der Waals surface area contributed by atoms with Gasteiger partial charge in [-0.05, 0) is 48.6 Å². The Bertz CT molecular complexity index is 938. The Morgan fingerprint density at radius 3 is 2.56 bits per heavy atom. The Morgan fingerprint density at radius 1 is 1.19 bits per heavy atom. The van der Waals surface area contributed by atoms with Crippen LogP contribution in [0.1, 0.15) is 24.0 Å². The summed E-state index contributed by atoms with van der Waals surface area (Å²) in [5.41, 5.74) is 6.98. The number of piperidine rings is 1. The molecular weight excluding hydrogens is 455 g/mol. The van der Waals surface area contributed by atoms with Crippen molar-refractivity contribution in [3.05, 3.63) is 47.9 Å². The van der Waals surface area contributed by atoms with Crippen molar-refractivity contribution >= 4 is 17.7 Å². The number of nitrogens with two attached hydrogens (primary N) is 1. The van der Waals surface area contributed by atoms with Crippen LogP contribution < -0.4 is 40.2 Å². The lowest BCUT2D eigenvalue weighted by molar-refractivity contribution is -0.152. The van der Waals surface area contributed by atoms with Crippen molar-refractivity contribution < 1.29 is 39.5 Å². The summed E-state index contributed by atoms with van der Waals surface area (Å²) in [5.74, 6) is 0.699. The third-order valence-electron chi connectivity index (χ3n) is 6.11. The van der Waals surface area contributed by atoms with E-state index in [2.05, 4.69) is 14.9 Å². The number of rotatable bonds is 5. The van der Waals surface area contributed by atoms with Crippen molar-refractivity contribution in [3.8, 4) is 5.75 Å². The zero-order valence-electron chi connectivity index (χ0n) is 17.5. The average Bonchev–Trinajstić information content (AvgIpc) is 2.78. The molecule has 2 aliphatic heterocycles. The number of halogens is 2. The van der Waals surface area contributed by atoms with Crippen LogP contribution in [0, 0.1) is 10.8 Å². The van der Waals surface area contributed by atoms with E-state index in [0.29, 0.717) is 38.2 Å². The standard InChI is InChI=1S/C21H26N6O3.2ClH/c22-20(23)27-8-4-15-1-2-17(11-16(15)12-27)30-13-21(19(28)29)5-9-26(10-6-21)18-3-7-24-14-25-18;;/h1-3,7,11,14H,4-6,8-10,12-13H2,(H3,22,23)(H,28,29);2*1H/p-2. The lowest BCUT2D eigenvalue weighted by atomic mass is 9.79. The van der Waals surface area contributed by atoms with Crippen LogP contribution in [-0.4, -0.2) is 58.1 Å². The fourth-order valence-corrected chi connectivity index (χ4v) is 4.10. The zero-order chi connectivity index (χ0) is 21.1. The maximum Gasteiger partial charge on any atom is 0.313 e. The first-order chi connectivity index (χ1) is 14.5. The number of hydrogen-bond acceptors (Lipinski definition) is 6. The molecule has 0 radical (unpaired) electrons. The molecular formula is C21H26Cl2N6O3-2. The second-order valence-corrected chi connectivity index (χ2v) is 7.92. The van der Waals surface area contributed by atoms with Gasteiger partial charge in [0, 0.05) is 32.4 Å². The van der Waals surface area contributed by atoms with Gasteiger partial charge < -0.3 is 50.2 Å². The second kappa shape index (κ2) is 10.7. The normalized spacial score (nSPS) is 16.8. The van der Waals surface area contributed by atoms with E-state index in [0.717, 1.165) is 24.3 Å². The Morgan fingerprint density at radius 2 is 1.94 bits per heavy atom. The lowest BCUT2D eigenvalue weighted by Gasteiger charge is -2.39. The quantitative estimate of drug-likeness (QED) is 0.288. The molecule has 4 N–H and O–H groups in total. The number of aromatic nitrogens is 2. The highest BCUT2D eigenvalue weighted by Crippen LogP contribution is 2.34. The van der Waals surface area contributed by atoms with Crippen LogP contribution >= 0.6 is 0 Å². The highest BCUT2D eigenvalue weighted by Gasteiger charge is 2.43. The minimum atomic E-state index is -0.926. The van der Waals surface area contributed by atoms with E-state index in [1.807, 2.05) is 29.2 Å². The molecule has 1 aromatic carbocycles. The molecule has 0 amide bonds. The molecule has 0 bridgehead atoms. The van der Waals surface area contributed by atoms with E-state index in [4.69, 9.17) is 15.9 Å². The fourth-order valence-electron chi connectivity index (χ4n) is 4.10. The number of nitrogens with zero attached hydrogens (tertiary/aromatic N) is 4. The molecule has 174 valence electrons. The molecule has 0 aliphatic carbocycles. The van der Waals surface area contributed by atoms with Gasteiger partial charge in [0.15, 0.2) is 5.96 Å². The van der Waals surface area contributed by atoms with Crippen LogP contribution in [0.15, 0.2) is 36.8 Å². The molecule has 1 aromatic heterocycles. The summed E-state index contributed by atoms with van der Waals surface area (Å²) in [6.07, 6.45) is 4.98. The van der Waals surface area contributed by atoms with Crippen LogP contribution in [0.2, 0.25) is 0 Å². The van der Waals surface area contributed by atoms with Crippen molar-refractivity contribution in [2.24, 2.45) is 11.1 Å². The molecule has 2 aromatic rings. The number of hydrogen-bond donors (Lipinski definition) is 3.